The van der Waals surface area contributed by atoms with Gasteiger partial charge in [0.15, 0.2) is 11.9 Å². The Bertz CT molecular complexity index is 937. The van der Waals surface area contributed by atoms with Gasteiger partial charge in [-0.2, -0.15) is 0 Å². The van der Waals surface area contributed by atoms with Gasteiger partial charge in [0, 0.05) is 30.4 Å². The minimum absolute atomic E-state index is 0.0227. The van der Waals surface area contributed by atoms with Gasteiger partial charge in [0.05, 0.1) is 17.4 Å². The third-order valence-electron chi connectivity index (χ3n) is 8.53. The zero-order valence-electron chi connectivity index (χ0n) is 19.1. The minimum Gasteiger partial charge on any atom is -0.481 e. The maximum absolute atomic E-state index is 11.8. The van der Waals surface area contributed by atoms with Gasteiger partial charge in [-0.25, -0.2) is 9.78 Å². The normalized spacial score (nSPS) is 42.8. The summed E-state index contributed by atoms with van der Waals surface area (Å²) in [5.41, 5.74) is -0.0394. The molecule has 1 unspecified atom stereocenters. The van der Waals surface area contributed by atoms with E-state index in [9.17, 15) is 20.0 Å². The summed E-state index contributed by atoms with van der Waals surface area (Å²) in [7, 11) is 0. The molecule has 9 atom stereocenters. The van der Waals surface area contributed by atoms with E-state index in [1.807, 2.05) is 6.92 Å². The summed E-state index contributed by atoms with van der Waals surface area (Å²) in [6.07, 6.45) is 2.35. The molecule has 0 aromatic heterocycles. The fourth-order valence-corrected chi connectivity index (χ4v) is 6.85. The molecule has 1 aromatic carbocycles. The summed E-state index contributed by atoms with van der Waals surface area (Å²) in [5, 5.41) is 20.8. The standard InChI is InChI=1S/C24H31NO8/c1-13-4-9-19-14(2)21(17(12-20(26)27)15-5-7-16(8-6-15)25(28)29)30-22-24(19)18(13)10-11-23(3,31-22)32-33-24/h5-8,13-14,17-19,21-22H,4,9-12H2,1-3H3,(H,26,27)/t13-,14-,17-,18+,19+,21+,22-,23-,24?/m1/s1. The second-order valence-corrected chi connectivity index (χ2v) is 10.4. The first-order chi connectivity index (χ1) is 15.6. The summed E-state index contributed by atoms with van der Waals surface area (Å²) in [6, 6.07) is 6.11. The topological polar surface area (TPSA) is 117 Å². The van der Waals surface area contributed by atoms with Crippen LogP contribution in [0.5, 0.6) is 0 Å². The molecule has 1 aliphatic carbocycles. The summed E-state index contributed by atoms with van der Waals surface area (Å²) in [5.74, 6) is -1.60. The second-order valence-electron chi connectivity index (χ2n) is 10.4. The molecule has 5 aliphatic rings. The van der Waals surface area contributed by atoms with Crippen LogP contribution in [-0.2, 0) is 24.0 Å². The largest absolute Gasteiger partial charge is 0.481 e. The Morgan fingerprint density at radius 2 is 1.91 bits per heavy atom. The molecule has 4 saturated heterocycles. The first kappa shape index (κ1) is 22.7. The third-order valence-corrected chi connectivity index (χ3v) is 8.53. The highest BCUT2D eigenvalue weighted by Crippen LogP contribution is 2.61. The number of fused-ring (bicyclic) bond motifs is 2. The Morgan fingerprint density at radius 3 is 2.58 bits per heavy atom. The number of carbonyl (C=O) groups is 1. The predicted molar refractivity (Wildman–Crippen MR) is 115 cm³/mol. The molecule has 0 radical (unpaired) electrons. The van der Waals surface area contributed by atoms with E-state index in [1.54, 1.807) is 12.1 Å². The van der Waals surface area contributed by atoms with Crippen molar-refractivity contribution in [3.8, 4) is 0 Å². The number of rotatable bonds is 5. The van der Waals surface area contributed by atoms with Gasteiger partial charge in [0.25, 0.3) is 5.69 Å². The van der Waals surface area contributed by atoms with E-state index in [0.717, 1.165) is 19.3 Å². The van der Waals surface area contributed by atoms with Gasteiger partial charge in [-0.05, 0) is 49.5 Å². The number of nitrogens with zero attached hydrogens (tertiary/aromatic N) is 1. The van der Waals surface area contributed by atoms with Crippen molar-refractivity contribution in [1.29, 1.82) is 0 Å². The van der Waals surface area contributed by atoms with Gasteiger partial charge in [0.2, 0.25) is 5.79 Å². The molecule has 33 heavy (non-hydrogen) atoms. The van der Waals surface area contributed by atoms with Crippen molar-refractivity contribution >= 4 is 11.7 Å². The number of benzene rings is 1. The monoisotopic (exact) mass is 461 g/mol. The smallest absolute Gasteiger partial charge is 0.304 e. The van der Waals surface area contributed by atoms with Crippen molar-refractivity contribution < 1.29 is 34.1 Å². The van der Waals surface area contributed by atoms with Crippen LogP contribution in [0.4, 0.5) is 5.69 Å². The lowest BCUT2D eigenvalue weighted by atomic mass is 9.56. The van der Waals surface area contributed by atoms with Crippen LogP contribution in [0, 0.1) is 33.8 Å². The lowest BCUT2D eigenvalue weighted by Gasteiger charge is -2.61. The van der Waals surface area contributed by atoms with Crippen molar-refractivity contribution in [1.82, 2.24) is 0 Å². The van der Waals surface area contributed by atoms with Crippen molar-refractivity contribution in [2.24, 2.45) is 23.7 Å². The van der Waals surface area contributed by atoms with Crippen LogP contribution in [-0.4, -0.2) is 39.8 Å². The summed E-state index contributed by atoms with van der Waals surface area (Å²) in [4.78, 5) is 34.5. The molecule has 4 heterocycles. The number of hydrogen-bond acceptors (Lipinski definition) is 7. The number of nitro benzene ring substituents is 1. The average molecular weight is 462 g/mol. The highest BCUT2D eigenvalue weighted by atomic mass is 17.3. The summed E-state index contributed by atoms with van der Waals surface area (Å²) in [6.45, 7) is 6.20. The first-order valence-corrected chi connectivity index (χ1v) is 11.8. The van der Waals surface area contributed by atoms with E-state index in [-0.39, 0.29) is 29.9 Å². The van der Waals surface area contributed by atoms with E-state index in [4.69, 9.17) is 19.2 Å². The number of non-ortho nitro benzene ring substituents is 1. The fraction of sp³-hybridized carbons (Fsp3) is 0.708. The third kappa shape index (κ3) is 3.56. The maximum Gasteiger partial charge on any atom is 0.304 e. The molecule has 1 spiro atoms. The molecular formula is C24H31NO8. The van der Waals surface area contributed by atoms with Crippen LogP contribution in [0.2, 0.25) is 0 Å². The lowest BCUT2D eigenvalue weighted by molar-refractivity contribution is -0.571. The molecule has 0 amide bonds. The summed E-state index contributed by atoms with van der Waals surface area (Å²) >= 11 is 0. The number of ether oxygens (including phenoxy) is 2. The second kappa shape index (κ2) is 8.01. The molecule has 6 rings (SSSR count). The van der Waals surface area contributed by atoms with E-state index in [1.165, 1.54) is 12.1 Å². The molecule has 4 aliphatic heterocycles. The average Bonchev–Trinajstić information content (AvgIpc) is 3.00. The number of hydrogen-bond donors (Lipinski definition) is 1. The molecule has 180 valence electrons. The van der Waals surface area contributed by atoms with Crippen LogP contribution < -0.4 is 0 Å². The van der Waals surface area contributed by atoms with Gasteiger partial charge in [0.1, 0.15) is 0 Å². The van der Waals surface area contributed by atoms with Crippen molar-refractivity contribution in [2.45, 2.75) is 82.6 Å². The Labute approximate surface area is 192 Å². The lowest BCUT2D eigenvalue weighted by Crippen LogP contribution is -2.70. The first-order valence-electron chi connectivity index (χ1n) is 11.8. The zero-order valence-corrected chi connectivity index (χ0v) is 19.1. The number of carboxylic acid groups (broad SMARTS) is 1. The Morgan fingerprint density at radius 1 is 1.18 bits per heavy atom. The highest BCUT2D eigenvalue weighted by molar-refractivity contribution is 5.68. The van der Waals surface area contributed by atoms with E-state index < -0.39 is 40.6 Å². The van der Waals surface area contributed by atoms with Crippen molar-refractivity contribution in [3.05, 3.63) is 39.9 Å². The Hall–Kier alpha value is -2.07. The van der Waals surface area contributed by atoms with Gasteiger partial charge < -0.3 is 14.6 Å². The number of aliphatic carboxylic acids is 1. The molecule has 1 N–H and O–H groups in total. The van der Waals surface area contributed by atoms with Crippen LogP contribution in [0.3, 0.4) is 0 Å². The maximum atomic E-state index is 11.8. The molecule has 9 heteroatoms. The van der Waals surface area contributed by atoms with Crippen molar-refractivity contribution in [3.63, 3.8) is 0 Å². The quantitative estimate of drug-likeness (QED) is 0.389. The van der Waals surface area contributed by atoms with Gasteiger partial charge in [-0.3, -0.25) is 14.9 Å². The van der Waals surface area contributed by atoms with Crippen LogP contribution in [0.1, 0.15) is 64.4 Å². The molecule has 1 saturated carbocycles. The van der Waals surface area contributed by atoms with Crippen LogP contribution >= 0.6 is 0 Å². The van der Waals surface area contributed by atoms with Gasteiger partial charge >= 0.3 is 5.97 Å². The minimum atomic E-state index is -0.945. The van der Waals surface area contributed by atoms with Crippen molar-refractivity contribution in [2.75, 3.05) is 0 Å². The van der Waals surface area contributed by atoms with Crippen LogP contribution in [0.25, 0.3) is 0 Å². The predicted octanol–water partition coefficient (Wildman–Crippen LogP) is 4.40. The molecule has 1 aromatic rings. The van der Waals surface area contributed by atoms with Crippen LogP contribution in [0.15, 0.2) is 24.3 Å². The zero-order chi connectivity index (χ0) is 23.5. The number of nitro groups is 1. The van der Waals surface area contributed by atoms with E-state index in [0.29, 0.717) is 17.9 Å². The highest BCUT2D eigenvalue weighted by Gasteiger charge is 2.69. The SMILES string of the molecule is C[C@H]1[C@@H]([C@H](CC(=O)O)c2ccc([N+](=O)[O-])cc2)O[C@@H]2O[C@@]3(C)CC[C@H]4[C@H](C)CC[C@@H]1C24OO3. The summed E-state index contributed by atoms with van der Waals surface area (Å²) < 4.78 is 13.0. The van der Waals surface area contributed by atoms with Gasteiger partial charge in [-0.1, -0.05) is 26.0 Å². The fourth-order valence-electron chi connectivity index (χ4n) is 6.85. The van der Waals surface area contributed by atoms with E-state index in [2.05, 4.69) is 13.8 Å². The Balaban J connectivity index is 1.53. The van der Waals surface area contributed by atoms with Gasteiger partial charge in [-0.15, -0.1) is 0 Å². The number of carboxylic acids is 1. The van der Waals surface area contributed by atoms with E-state index >= 15 is 0 Å². The molecular weight excluding hydrogens is 430 g/mol. The molecule has 2 bridgehead atoms. The molecule has 9 nitrogen and oxygen atoms in total. The molecule has 5 fully saturated rings. The Kier molecular flexibility index (Phi) is 5.51.